The number of benzene rings is 9. The number of hydrogen-bond acceptors (Lipinski definition) is 4. The number of para-hydroxylation sites is 4. The number of pyridine rings is 1. The molecule has 0 saturated carbocycles. The van der Waals surface area contributed by atoms with Crippen molar-refractivity contribution < 1.29 is 25.8 Å². The van der Waals surface area contributed by atoms with Gasteiger partial charge in [0.05, 0.1) is 11.0 Å². The average molecular weight is 1210 g/mol. The maximum atomic E-state index is 6.77. The summed E-state index contributed by atoms with van der Waals surface area (Å²) in [6.45, 7) is 22.6. The number of anilines is 4. The fraction of sp³-hybridized carbons (Fsp3) is 0.167. The summed E-state index contributed by atoms with van der Waals surface area (Å²) in [6.07, 6.45) is 1.92. The van der Waals surface area contributed by atoms with Gasteiger partial charge in [0.2, 0.25) is 0 Å². The Morgan fingerprint density at radius 2 is 0.987 bits per heavy atom. The zero-order valence-electron chi connectivity index (χ0n) is 46.2. The van der Waals surface area contributed by atoms with Gasteiger partial charge >= 0.3 is 0 Å². The van der Waals surface area contributed by atoms with Crippen LogP contribution >= 0.6 is 0 Å². The number of aromatic nitrogens is 3. The summed E-state index contributed by atoms with van der Waals surface area (Å²) in [5, 5.41) is 4.67. The van der Waals surface area contributed by atoms with Gasteiger partial charge in [-0.2, -0.15) is 12.1 Å². The first kappa shape index (κ1) is 51.6. The molecule has 79 heavy (non-hydrogen) atoms. The molecule has 0 N–H and O–H groups in total. The first-order valence-electron chi connectivity index (χ1n) is 27.1. The number of fused-ring (bicyclic) bond motifs is 7. The number of nitrogens with zero attached hydrogens (tertiary/aromatic N) is 5. The van der Waals surface area contributed by atoms with E-state index >= 15 is 0 Å². The summed E-state index contributed by atoms with van der Waals surface area (Å²) in [6, 6.07) is 79.5. The normalized spacial score (nSPS) is 12.9. The fourth-order valence-electron chi connectivity index (χ4n) is 11.1. The van der Waals surface area contributed by atoms with Gasteiger partial charge in [-0.1, -0.05) is 171 Å². The summed E-state index contributed by atoms with van der Waals surface area (Å²) in [7, 11) is 0. The van der Waals surface area contributed by atoms with Crippen molar-refractivity contribution in [1.82, 2.24) is 14.1 Å². The SMILES string of the molecule is CC(C)(C)c1cc(N2[CH-]N(c3[c-]c(Oc4[c-]c5c(cc4)c4cc(-c6ccc(-c7ccc8c9ccccc9n(-c9ccccc9)c8c7)cc6)ccc4n5-c4cc(C(C)(C)C)ccn4)ccc3)c3ccccc32)cc(C(C)(C)C)c1.[Pt]. The second-order valence-electron chi connectivity index (χ2n) is 23.9. The van der Waals surface area contributed by atoms with E-state index in [-0.39, 0.29) is 37.3 Å². The number of ether oxygens (including phenoxy) is 1. The molecule has 13 rings (SSSR count). The molecule has 0 amide bonds. The molecule has 394 valence electrons. The molecular formula is C72H62N5OPt-3. The summed E-state index contributed by atoms with van der Waals surface area (Å²) in [4.78, 5) is 9.51. The van der Waals surface area contributed by atoms with Gasteiger partial charge in [-0.25, -0.2) is 4.98 Å². The Bertz CT molecular complexity index is 4250. The Hall–Kier alpha value is -8.18. The molecule has 1 aliphatic heterocycles. The molecule has 0 radical (unpaired) electrons. The molecule has 6 nitrogen and oxygen atoms in total. The maximum Gasteiger partial charge on any atom is 0.135 e. The second kappa shape index (κ2) is 19.6. The van der Waals surface area contributed by atoms with Crippen LogP contribution in [-0.4, -0.2) is 14.1 Å². The zero-order valence-corrected chi connectivity index (χ0v) is 48.4. The third-order valence-electron chi connectivity index (χ3n) is 15.5. The van der Waals surface area contributed by atoms with Crippen LogP contribution in [0.1, 0.15) is 79.0 Å². The summed E-state index contributed by atoms with van der Waals surface area (Å²) >= 11 is 0. The minimum Gasteiger partial charge on any atom is -0.509 e. The average Bonchev–Trinajstić information content (AvgIpc) is 4.34. The van der Waals surface area contributed by atoms with E-state index in [2.05, 4.69) is 282 Å². The van der Waals surface area contributed by atoms with Crippen molar-refractivity contribution in [3.8, 4) is 45.3 Å². The van der Waals surface area contributed by atoms with E-state index in [0.717, 1.165) is 67.2 Å². The molecule has 0 saturated heterocycles. The minimum atomic E-state index is -0.0726. The van der Waals surface area contributed by atoms with Crippen LogP contribution < -0.4 is 14.5 Å². The molecule has 7 heteroatoms. The van der Waals surface area contributed by atoms with E-state index in [1.807, 2.05) is 24.4 Å². The molecule has 0 unspecified atom stereocenters. The second-order valence-corrected chi connectivity index (χ2v) is 23.9. The van der Waals surface area contributed by atoms with Crippen LogP contribution in [-0.2, 0) is 37.3 Å². The van der Waals surface area contributed by atoms with Gasteiger partial charge in [-0.3, -0.25) is 0 Å². The van der Waals surface area contributed by atoms with Gasteiger partial charge < -0.3 is 23.7 Å². The number of rotatable bonds is 8. The van der Waals surface area contributed by atoms with Gasteiger partial charge in [0, 0.05) is 77.8 Å². The Labute approximate surface area is 478 Å². The molecule has 3 aromatic heterocycles. The van der Waals surface area contributed by atoms with E-state index < -0.39 is 0 Å². The predicted octanol–water partition coefficient (Wildman–Crippen LogP) is 19.3. The minimum absolute atomic E-state index is 0. The van der Waals surface area contributed by atoms with Gasteiger partial charge in [0.1, 0.15) is 5.82 Å². The maximum absolute atomic E-state index is 6.77. The van der Waals surface area contributed by atoms with Crippen LogP contribution in [0.2, 0.25) is 0 Å². The first-order valence-corrected chi connectivity index (χ1v) is 27.1. The van der Waals surface area contributed by atoms with Crippen molar-refractivity contribution >= 4 is 66.4 Å². The molecular weight excluding hydrogens is 1150 g/mol. The Kier molecular flexibility index (Phi) is 12.8. The molecule has 4 heterocycles. The molecule has 12 aromatic rings. The van der Waals surface area contributed by atoms with Crippen molar-refractivity contribution in [2.24, 2.45) is 0 Å². The summed E-state index contributed by atoms with van der Waals surface area (Å²) in [5.41, 5.74) is 18.0. The Balaban J connectivity index is 0.00000623. The molecule has 0 bridgehead atoms. The number of hydrogen-bond donors (Lipinski definition) is 0. The largest absolute Gasteiger partial charge is 0.509 e. The third kappa shape index (κ3) is 9.40. The van der Waals surface area contributed by atoms with E-state index in [4.69, 9.17) is 9.72 Å². The van der Waals surface area contributed by atoms with Gasteiger partial charge in [0.25, 0.3) is 0 Å². The van der Waals surface area contributed by atoms with Crippen LogP contribution in [0.3, 0.4) is 0 Å². The summed E-state index contributed by atoms with van der Waals surface area (Å²) < 4.78 is 11.4. The van der Waals surface area contributed by atoms with Crippen molar-refractivity contribution in [3.63, 3.8) is 0 Å². The van der Waals surface area contributed by atoms with Crippen LogP contribution in [0, 0.1) is 18.8 Å². The van der Waals surface area contributed by atoms with Crippen LogP contribution in [0.4, 0.5) is 22.7 Å². The van der Waals surface area contributed by atoms with Crippen LogP contribution in [0.15, 0.2) is 206 Å². The van der Waals surface area contributed by atoms with Gasteiger partial charge in [-0.15, -0.1) is 48.1 Å². The molecule has 1 aliphatic rings. The third-order valence-corrected chi connectivity index (χ3v) is 15.5. The molecule has 0 aliphatic carbocycles. The van der Waals surface area contributed by atoms with Crippen molar-refractivity contribution in [2.45, 2.75) is 78.6 Å². The van der Waals surface area contributed by atoms with Crippen molar-refractivity contribution in [2.75, 3.05) is 9.80 Å². The first-order chi connectivity index (χ1) is 37.5. The van der Waals surface area contributed by atoms with E-state index in [1.165, 1.54) is 49.6 Å². The van der Waals surface area contributed by atoms with Crippen molar-refractivity contribution in [1.29, 1.82) is 0 Å². The molecule has 0 fully saturated rings. The topological polar surface area (TPSA) is 38.5 Å². The Morgan fingerprint density at radius 1 is 0.405 bits per heavy atom. The summed E-state index contributed by atoms with van der Waals surface area (Å²) in [5.74, 6) is 2.02. The van der Waals surface area contributed by atoms with Gasteiger partial charge in [-0.05, 0) is 127 Å². The molecule has 0 spiro atoms. The van der Waals surface area contributed by atoms with E-state index in [1.54, 1.807) is 0 Å². The van der Waals surface area contributed by atoms with E-state index in [0.29, 0.717) is 11.5 Å². The van der Waals surface area contributed by atoms with Crippen molar-refractivity contribution in [3.05, 3.63) is 242 Å². The monoisotopic (exact) mass is 1210 g/mol. The van der Waals surface area contributed by atoms with E-state index in [9.17, 15) is 0 Å². The molecule has 9 aromatic carbocycles. The standard InChI is InChI=1S/C72H62N5O.Pt/c1-70(2,3)51-36-37-73-69(43-51)77-64-35-31-49(47-26-28-48(29-27-47)50-30-33-60-59-22-13-14-23-63(59)76(67(60)39-50)54-18-11-10-12-19-54)38-62(64)61-34-32-58(45-68(61)77)78-57-21-17-20-55(44-57)74-46-75(66-25-16-15-24-65(66)74)56-41-52(71(4,5)6)40-53(42-56)72(7,8)9;/h10-43,46H,1-9H3;/q-3;. The Morgan fingerprint density at radius 3 is 1.70 bits per heavy atom. The zero-order chi connectivity index (χ0) is 53.7. The smallest absolute Gasteiger partial charge is 0.135 e. The molecule has 0 atom stereocenters. The quantitative estimate of drug-likeness (QED) is 0.142. The van der Waals surface area contributed by atoms with Crippen LogP contribution in [0.25, 0.3) is 77.4 Å². The predicted molar refractivity (Wildman–Crippen MR) is 326 cm³/mol. The van der Waals surface area contributed by atoms with Crippen LogP contribution in [0.5, 0.6) is 11.5 Å². The van der Waals surface area contributed by atoms with Gasteiger partial charge in [0.15, 0.2) is 0 Å². The fourth-order valence-corrected chi connectivity index (χ4v) is 11.1.